The van der Waals surface area contributed by atoms with Gasteiger partial charge in [-0.2, -0.15) is 0 Å². The first kappa shape index (κ1) is 16.6. The van der Waals surface area contributed by atoms with E-state index in [4.69, 9.17) is 0 Å². The monoisotopic (exact) mass is 314 g/mol. The Balaban J connectivity index is 0.00000176. The second kappa shape index (κ2) is 7.48. The molecule has 1 heterocycles. The molecule has 0 atom stereocenters. The SMILES string of the molecule is CN(C)CCCN1c2ccccc2C=Cc2ccccc21.Cl. The van der Waals surface area contributed by atoms with Crippen LogP contribution in [0.25, 0.3) is 12.2 Å². The van der Waals surface area contributed by atoms with Crippen LogP contribution in [0.4, 0.5) is 11.4 Å². The molecule has 0 unspecified atom stereocenters. The lowest BCUT2D eigenvalue weighted by molar-refractivity contribution is 0.402. The van der Waals surface area contributed by atoms with E-state index in [9.17, 15) is 0 Å². The van der Waals surface area contributed by atoms with Crippen LogP contribution in [0, 0.1) is 0 Å². The molecule has 2 nitrogen and oxygen atoms in total. The van der Waals surface area contributed by atoms with Crippen molar-refractivity contribution in [2.75, 3.05) is 32.1 Å². The van der Waals surface area contributed by atoms with Gasteiger partial charge in [-0.25, -0.2) is 0 Å². The summed E-state index contributed by atoms with van der Waals surface area (Å²) in [5.41, 5.74) is 5.19. The largest absolute Gasteiger partial charge is 0.340 e. The lowest BCUT2D eigenvalue weighted by Gasteiger charge is -2.27. The van der Waals surface area contributed by atoms with Crippen LogP contribution in [0.5, 0.6) is 0 Å². The van der Waals surface area contributed by atoms with Crippen LogP contribution in [0.15, 0.2) is 48.5 Å². The molecule has 0 aliphatic carbocycles. The van der Waals surface area contributed by atoms with Crippen molar-refractivity contribution in [3.8, 4) is 0 Å². The van der Waals surface area contributed by atoms with Gasteiger partial charge in [-0.3, -0.25) is 0 Å². The summed E-state index contributed by atoms with van der Waals surface area (Å²) in [6.45, 7) is 2.14. The second-order valence-corrected chi connectivity index (χ2v) is 5.76. The van der Waals surface area contributed by atoms with Crippen molar-refractivity contribution in [2.45, 2.75) is 6.42 Å². The van der Waals surface area contributed by atoms with Gasteiger partial charge in [0.25, 0.3) is 0 Å². The summed E-state index contributed by atoms with van der Waals surface area (Å²) in [6.07, 6.45) is 5.59. The summed E-state index contributed by atoms with van der Waals surface area (Å²) < 4.78 is 0. The van der Waals surface area contributed by atoms with Crippen LogP contribution in [0.1, 0.15) is 17.5 Å². The zero-order valence-corrected chi connectivity index (χ0v) is 14.0. The van der Waals surface area contributed by atoms with E-state index in [1.807, 2.05) is 0 Å². The average molecular weight is 315 g/mol. The number of para-hydroxylation sites is 2. The fourth-order valence-electron chi connectivity index (χ4n) is 2.84. The van der Waals surface area contributed by atoms with Crippen LogP contribution in [-0.2, 0) is 0 Å². The molecule has 0 aromatic heterocycles. The molecule has 2 aromatic rings. The van der Waals surface area contributed by atoms with Gasteiger partial charge in [0.1, 0.15) is 0 Å². The van der Waals surface area contributed by atoms with Crippen LogP contribution >= 0.6 is 12.4 Å². The molecule has 3 heteroatoms. The predicted molar refractivity (Wildman–Crippen MR) is 99.2 cm³/mol. The van der Waals surface area contributed by atoms with E-state index >= 15 is 0 Å². The van der Waals surface area contributed by atoms with E-state index < -0.39 is 0 Å². The van der Waals surface area contributed by atoms with Gasteiger partial charge >= 0.3 is 0 Å². The molecule has 0 fully saturated rings. The molecule has 1 aliphatic rings. The van der Waals surface area contributed by atoms with Gasteiger partial charge in [-0.1, -0.05) is 48.6 Å². The molecular weight excluding hydrogens is 292 g/mol. The summed E-state index contributed by atoms with van der Waals surface area (Å²) in [7, 11) is 4.26. The molecule has 0 N–H and O–H groups in total. The minimum atomic E-state index is 0. The molecule has 2 aromatic carbocycles. The average Bonchev–Trinajstić information content (AvgIpc) is 2.65. The zero-order valence-electron chi connectivity index (χ0n) is 13.2. The molecule has 0 bridgehead atoms. The molecule has 0 saturated heterocycles. The maximum atomic E-state index is 2.45. The van der Waals surface area contributed by atoms with Crippen LogP contribution < -0.4 is 4.90 Å². The molecule has 116 valence electrons. The highest BCUT2D eigenvalue weighted by molar-refractivity contribution is 5.88. The maximum Gasteiger partial charge on any atom is 0.0484 e. The van der Waals surface area contributed by atoms with Crippen LogP contribution in [0.2, 0.25) is 0 Å². The van der Waals surface area contributed by atoms with Crippen molar-refractivity contribution in [1.29, 1.82) is 0 Å². The first-order valence-corrected chi connectivity index (χ1v) is 7.54. The Morgan fingerprint density at radius 2 is 1.32 bits per heavy atom. The van der Waals surface area contributed by atoms with Crippen LogP contribution in [-0.4, -0.2) is 32.1 Å². The second-order valence-electron chi connectivity index (χ2n) is 5.76. The summed E-state index contributed by atoms with van der Waals surface area (Å²) in [5.74, 6) is 0. The fraction of sp³-hybridized carbons (Fsp3) is 0.263. The Morgan fingerprint density at radius 3 is 1.82 bits per heavy atom. The number of anilines is 2. The van der Waals surface area contributed by atoms with Crippen molar-refractivity contribution in [2.24, 2.45) is 0 Å². The summed E-state index contributed by atoms with van der Waals surface area (Å²) >= 11 is 0. The lowest BCUT2D eigenvalue weighted by Crippen LogP contribution is -2.23. The topological polar surface area (TPSA) is 6.48 Å². The van der Waals surface area contributed by atoms with E-state index in [0.717, 1.165) is 19.5 Å². The number of halogens is 1. The van der Waals surface area contributed by atoms with Crippen molar-refractivity contribution in [3.63, 3.8) is 0 Å². The third kappa shape index (κ3) is 3.52. The lowest BCUT2D eigenvalue weighted by atomic mass is 10.1. The number of nitrogens with zero attached hydrogens (tertiary/aromatic N) is 2. The van der Waals surface area contributed by atoms with Crippen molar-refractivity contribution >= 4 is 35.9 Å². The van der Waals surface area contributed by atoms with E-state index in [2.05, 4.69) is 84.6 Å². The third-order valence-corrected chi connectivity index (χ3v) is 3.88. The molecule has 0 spiro atoms. The Kier molecular flexibility index (Phi) is 5.64. The highest BCUT2D eigenvalue weighted by atomic mass is 35.5. The Morgan fingerprint density at radius 1 is 0.818 bits per heavy atom. The summed E-state index contributed by atoms with van der Waals surface area (Å²) in [4.78, 5) is 4.70. The molecule has 0 radical (unpaired) electrons. The van der Waals surface area contributed by atoms with Gasteiger partial charge in [0.15, 0.2) is 0 Å². The Hall–Kier alpha value is -1.77. The highest BCUT2D eigenvalue weighted by Gasteiger charge is 2.16. The van der Waals surface area contributed by atoms with Crippen LogP contribution in [0.3, 0.4) is 0 Å². The van der Waals surface area contributed by atoms with Gasteiger partial charge in [0.2, 0.25) is 0 Å². The molecule has 0 amide bonds. The third-order valence-electron chi connectivity index (χ3n) is 3.88. The Labute approximate surface area is 139 Å². The number of benzene rings is 2. The smallest absolute Gasteiger partial charge is 0.0484 e. The molecule has 0 saturated carbocycles. The minimum Gasteiger partial charge on any atom is -0.340 e. The van der Waals surface area contributed by atoms with E-state index in [0.29, 0.717) is 0 Å². The van der Waals surface area contributed by atoms with E-state index in [1.54, 1.807) is 0 Å². The van der Waals surface area contributed by atoms with Gasteiger partial charge in [-0.15, -0.1) is 12.4 Å². The predicted octanol–water partition coefficient (Wildman–Crippen LogP) is 4.68. The normalized spacial score (nSPS) is 12.4. The zero-order chi connectivity index (χ0) is 14.7. The van der Waals surface area contributed by atoms with Gasteiger partial charge in [0.05, 0.1) is 0 Å². The standard InChI is InChI=1S/C19H22N2.ClH/c1-20(2)14-7-15-21-18-10-5-3-8-16(18)12-13-17-9-4-6-11-19(17)21;/h3-6,8-13H,7,14-15H2,1-2H3;1H. The Bertz CT molecular complexity index is 600. The first-order chi connectivity index (χ1) is 10.3. The van der Waals surface area contributed by atoms with Crippen molar-refractivity contribution in [1.82, 2.24) is 4.90 Å². The molecule has 1 aliphatic heterocycles. The maximum absolute atomic E-state index is 2.45. The minimum absolute atomic E-state index is 0. The van der Waals surface area contributed by atoms with Crippen molar-refractivity contribution in [3.05, 3.63) is 59.7 Å². The number of rotatable bonds is 4. The van der Waals surface area contributed by atoms with Crippen molar-refractivity contribution < 1.29 is 0 Å². The van der Waals surface area contributed by atoms with Gasteiger partial charge < -0.3 is 9.80 Å². The molecule has 22 heavy (non-hydrogen) atoms. The van der Waals surface area contributed by atoms with Gasteiger partial charge in [-0.05, 0) is 50.3 Å². The quantitative estimate of drug-likeness (QED) is 0.808. The summed E-state index contributed by atoms with van der Waals surface area (Å²) in [6, 6.07) is 17.3. The molecular formula is C19H23ClN2. The highest BCUT2D eigenvalue weighted by Crippen LogP contribution is 2.35. The number of fused-ring (bicyclic) bond motifs is 2. The fourth-order valence-corrected chi connectivity index (χ4v) is 2.84. The summed E-state index contributed by atoms with van der Waals surface area (Å²) in [5, 5.41) is 0. The van der Waals surface area contributed by atoms with E-state index in [-0.39, 0.29) is 12.4 Å². The first-order valence-electron chi connectivity index (χ1n) is 7.54. The molecule has 3 rings (SSSR count). The number of hydrogen-bond acceptors (Lipinski definition) is 2. The van der Waals surface area contributed by atoms with Gasteiger partial charge in [0, 0.05) is 17.9 Å². The number of hydrogen-bond donors (Lipinski definition) is 0. The van der Waals surface area contributed by atoms with E-state index in [1.165, 1.54) is 22.5 Å².